The third-order valence-electron chi connectivity index (χ3n) is 7.18. The zero-order valence-electron chi connectivity index (χ0n) is 15.6. The molecule has 0 N–H and O–H groups in total. The van der Waals surface area contributed by atoms with E-state index in [1.54, 1.807) is 0 Å². The van der Waals surface area contributed by atoms with Gasteiger partial charge in [-0.3, -0.25) is 0 Å². The summed E-state index contributed by atoms with van der Waals surface area (Å²) in [5.41, 5.74) is 2.24. The number of hydrogen-bond acceptors (Lipinski definition) is 1. The van der Waals surface area contributed by atoms with Crippen molar-refractivity contribution in [3.63, 3.8) is 0 Å². The number of hydrogen-bond donors (Lipinski definition) is 0. The Morgan fingerprint density at radius 1 is 1.13 bits per heavy atom. The van der Waals surface area contributed by atoms with Crippen molar-refractivity contribution in [1.29, 1.82) is 0 Å². The van der Waals surface area contributed by atoms with Crippen LogP contribution in [0.25, 0.3) is 0 Å². The second-order valence-corrected chi connectivity index (χ2v) is 9.27. The first kappa shape index (κ1) is 17.0. The molecule has 3 atom stereocenters. The Hall–Kier alpha value is -0.860. The van der Waals surface area contributed by atoms with Crippen LogP contribution in [0.1, 0.15) is 45.6 Å². The van der Waals surface area contributed by atoms with Gasteiger partial charge in [-0.1, -0.05) is 51.1 Å². The molecule has 2 fully saturated rings. The second kappa shape index (κ2) is 5.89. The van der Waals surface area contributed by atoms with Crippen molar-refractivity contribution in [3.8, 4) is 0 Å². The molecule has 1 aromatic rings. The van der Waals surface area contributed by atoms with Crippen molar-refractivity contribution in [2.24, 2.45) is 16.7 Å². The molecule has 3 rings (SSSR count). The van der Waals surface area contributed by atoms with E-state index < -0.39 is 0 Å². The van der Waals surface area contributed by atoms with Crippen LogP contribution in [0.2, 0.25) is 0 Å². The fourth-order valence-electron chi connectivity index (χ4n) is 4.98. The van der Waals surface area contributed by atoms with Gasteiger partial charge in [-0.2, -0.15) is 0 Å². The third kappa shape index (κ3) is 3.08. The van der Waals surface area contributed by atoms with E-state index in [-0.39, 0.29) is 0 Å². The highest BCUT2D eigenvalue weighted by molar-refractivity contribution is 5.13. The predicted molar refractivity (Wildman–Crippen MR) is 96.1 cm³/mol. The van der Waals surface area contributed by atoms with Gasteiger partial charge >= 0.3 is 0 Å². The average molecular weight is 317 g/mol. The van der Waals surface area contributed by atoms with Gasteiger partial charge in [0.15, 0.2) is 0 Å². The first-order valence-electron chi connectivity index (χ1n) is 9.22. The van der Waals surface area contributed by atoms with Crippen LogP contribution < -0.4 is 0 Å². The number of benzene rings is 1. The summed E-state index contributed by atoms with van der Waals surface area (Å²) in [6, 6.07) is 10.8. The molecule has 0 aliphatic heterocycles. The van der Waals surface area contributed by atoms with Gasteiger partial charge in [-0.05, 0) is 36.0 Å². The molecule has 0 amide bonds. The van der Waals surface area contributed by atoms with Gasteiger partial charge in [-0.25, -0.2) is 0 Å². The topological polar surface area (TPSA) is 9.23 Å². The van der Waals surface area contributed by atoms with Crippen LogP contribution in [0.3, 0.4) is 0 Å². The van der Waals surface area contributed by atoms with Crippen molar-refractivity contribution in [3.05, 3.63) is 35.9 Å². The summed E-state index contributed by atoms with van der Waals surface area (Å²) < 4.78 is 7.42. The molecule has 0 aromatic heterocycles. The number of rotatable bonds is 6. The SMILES string of the molecule is CC1(C)C2CCC1(C)C(OCC[N+](C)(C)Cc1ccccc1)C2. The Balaban J connectivity index is 1.52. The van der Waals surface area contributed by atoms with E-state index in [2.05, 4.69) is 65.2 Å². The fraction of sp³-hybridized carbons (Fsp3) is 0.714. The van der Waals surface area contributed by atoms with Gasteiger partial charge in [0.25, 0.3) is 0 Å². The lowest BCUT2D eigenvalue weighted by atomic mass is 9.70. The molecule has 1 aromatic carbocycles. The summed E-state index contributed by atoms with van der Waals surface area (Å²) in [4.78, 5) is 0. The van der Waals surface area contributed by atoms with E-state index in [1.165, 1.54) is 24.8 Å². The number of quaternary nitrogens is 1. The highest BCUT2D eigenvalue weighted by Gasteiger charge is 2.61. The van der Waals surface area contributed by atoms with Gasteiger partial charge in [0.1, 0.15) is 13.1 Å². The maximum atomic E-state index is 6.43. The normalized spacial score (nSPS) is 32.4. The van der Waals surface area contributed by atoms with Crippen molar-refractivity contribution in [2.45, 2.75) is 52.7 Å². The van der Waals surface area contributed by atoms with Gasteiger partial charge in [0.05, 0.1) is 26.8 Å². The minimum Gasteiger partial charge on any atom is -0.372 e. The summed E-state index contributed by atoms with van der Waals surface area (Å²) in [6.45, 7) is 10.4. The molecule has 2 nitrogen and oxygen atoms in total. The van der Waals surface area contributed by atoms with Crippen LogP contribution in [0.4, 0.5) is 0 Å². The molecule has 0 heterocycles. The Bertz CT molecular complexity index is 536. The third-order valence-corrected chi connectivity index (χ3v) is 7.18. The predicted octanol–water partition coefficient (Wildman–Crippen LogP) is 4.49. The Morgan fingerprint density at radius 2 is 1.83 bits per heavy atom. The van der Waals surface area contributed by atoms with Crippen LogP contribution in [0, 0.1) is 16.7 Å². The molecule has 0 saturated heterocycles. The fourth-order valence-corrected chi connectivity index (χ4v) is 4.98. The molecular formula is C21H34NO+. The quantitative estimate of drug-likeness (QED) is 0.702. The maximum absolute atomic E-state index is 6.43. The first-order valence-corrected chi connectivity index (χ1v) is 9.22. The smallest absolute Gasteiger partial charge is 0.104 e. The first-order chi connectivity index (χ1) is 10.7. The van der Waals surface area contributed by atoms with Gasteiger partial charge in [-0.15, -0.1) is 0 Å². The second-order valence-electron chi connectivity index (χ2n) is 9.27. The van der Waals surface area contributed by atoms with Gasteiger partial charge < -0.3 is 9.22 Å². The molecule has 0 radical (unpaired) electrons. The highest BCUT2D eigenvalue weighted by atomic mass is 16.5. The molecule has 2 saturated carbocycles. The van der Waals surface area contributed by atoms with Crippen LogP contribution in [0.15, 0.2) is 30.3 Å². The Kier molecular flexibility index (Phi) is 4.35. The maximum Gasteiger partial charge on any atom is 0.104 e. The Morgan fingerprint density at radius 3 is 2.39 bits per heavy atom. The van der Waals surface area contributed by atoms with Crippen LogP contribution in [0.5, 0.6) is 0 Å². The molecule has 0 spiro atoms. The monoisotopic (exact) mass is 316 g/mol. The molecule has 128 valence electrons. The number of ether oxygens (including phenoxy) is 1. The number of fused-ring (bicyclic) bond motifs is 2. The average Bonchev–Trinajstić information content (AvgIpc) is 2.81. The zero-order valence-corrected chi connectivity index (χ0v) is 15.6. The molecule has 2 aliphatic carbocycles. The molecule has 3 unspecified atom stereocenters. The lowest BCUT2D eigenvalue weighted by molar-refractivity contribution is -0.904. The number of likely N-dealkylation sites (N-methyl/N-ethyl adjacent to an activating group) is 1. The summed E-state index contributed by atoms with van der Waals surface area (Å²) in [5.74, 6) is 0.865. The van der Waals surface area contributed by atoms with E-state index in [0.717, 1.165) is 30.1 Å². The lowest BCUT2D eigenvalue weighted by Gasteiger charge is -2.39. The largest absolute Gasteiger partial charge is 0.372 e. The van der Waals surface area contributed by atoms with E-state index in [1.807, 2.05) is 0 Å². The van der Waals surface area contributed by atoms with Crippen LogP contribution in [-0.4, -0.2) is 37.8 Å². The molecule has 2 bridgehead atoms. The zero-order chi connectivity index (χ0) is 16.7. The number of nitrogens with zero attached hydrogens (tertiary/aromatic N) is 1. The molecule has 23 heavy (non-hydrogen) atoms. The van der Waals surface area contributed by atoms with Crippen molar-refractivity contribution >= 4 is 0 Å². The van der Waals surface area contributed by atoms with Crippen molar-refractivity contribution < 1.29 is 9.22 Å². The van der Waals surface area contributed by atoms with Crippen molar-refractivity contribution in [2.75, 3.05) is 27.2 Å². The molecular weight excluding hydrogens is 282 g/mol. The molecule has 2 heteroatoms. The summed E-state index contributed by atoms with van der Waals surface area (Å²) in [6.07, 6.45) is 4.49. The minimum atomic E-state index is 0.383. The lowest BCUT2D eigenvalue weighted by Crippen LogP contribution is -2.43. The van der Waals surface area contributed by atoms with Gasteiger partial charge in [0.2, 0.25) is 0 Å². The standard InChI is InChI=1S/C21H34NO/c1-20(2)18-11-12-21(20,3)19(15-18)23-14-13-22(4,5)16-17-9-7-6-8-10-17/h6-10,18-19H,11-16H2,1-5H3/q+1. The van der Waals surface area contributed by atoms with E-state index in [9.17, 15) is 0 Å². The summed E-state index contributed by atoms with van der Waals surface area (Å²) >= 11 is 0. The van der Waals surface area contributed by atoms with E-state index in [0.29, 0.717) is 16.9 Å². The summed E-state index contributed by atoms with van der Waals surface area (Å²) in [7, 11) is 4.62. The van der Waals surface area contributed by atoms with Crippen LogP contribution >= 0.6 is 0 Å². The molecule has 2 aliphatic rings. The Labute approximate surface area is 142 Å². The highest BCUT2D eigenvalue weighted by Crippen LogP contribution is 2.66. The van der Waals surface area contributed by atoms with Crippen molar-refractivity contribution in [1.82, 2.24) is 0 Å². The van der Waals surface area contributed by atoms with E-state index >= 15 is 0 Å². The van der Waals surface area contributed by atoms with Crippen LogP contribution in [-0.2, 0) is 11.3 Å². The van der Waals surface area contributed by atoms with E-state index in [4.69, 9.17) is 4.74 Å². The van der Waals surface area contributed by atoms with Gasteiger partial charge in [0, 0.05) is 5.56 Å². The minimum absolute atomic E-state index is 0.383. The summed E-state index contributed by atoms with van der Waals surface area (Å²) in [5, 5.41) is 0.